The predicted octanol–water partition coefficient (Wildman–Crippen LogP) is 3.29. The van der Waals surface area contributed by atoms with E-state index in [1.54, 1.807) is 0 Å². The van der Waals surface area contributed by atoms with Gasteiger partial charge in [0.05, 0.1) is 6.10 Å². The Kier molecular flexibility index (Phi) is 4.38. The summed E-state index contributed by atoms with van der Waals surface area (Å²) in [6, 6.07) is 0.430. The fourth-order valence-corrected chi connectivity index (χ4v) is 3.79. The summed E-state index contributed by atoms with van der Waals surface area (Å²) in [6.07, 6.45) is 5.89. The third-order valence-electron chi connectivity index (χ3n) is 5.72. The third-order valence-corrected chi connectivity index (χ3v) is 5.72. The van der Waals surface area contributed by atoms with Gasteiger partial charge >= 0.3 is 0 Å². The van der Waals surface area contributed by atoms with Crippen LogP contribution in [0.4, 0.5) is 0 Å². The van der Waals surface area contributed by atoms with Crippen LogP contribution in [0.3, 0.4) is 0 Å². The maximum Gasteiger partial charge on any atom is 0.0695 e. The van der Waals surface area contributed by atoms with Crippen molar-refractivity contribution < 1.29 is 5.11 Å². The highest BCUT2D eigenvalue weighted by Gasteiger charge is 2.40. The lowest BCUT2D eigenvalue weighted by Crippen LogP contribution is -2.48. The van der Waals surface area contributed by atoms with Crippen molar-refractivity contribution in [2.24, 2.45) is 17.3 Å². The fraction of sp³-hybridized carbons (Fsp3) is 1.00. The van der Waals surface area contributed by atoms with Crippen LogP contribution in [0, 0.1) is 17.3 Å². The average molecular weight is 253 g/mol. The summed E-state index contributed by atoms with van der Waals surface area (Å²) in [5.74, 6) is 1.60. The van der Waals surface area contributed by atoms with Gasteiger partial charge in [-0.15, -0.1) is 0 Å². The van der Waals surface area contributed by atoms with Crippen LogP contribution in [0.15, 0.2) is 0 Å². The van der Waals surface area contributed by atoms with Gasteiger partial charge in [0, 0.05) is 12.6 Å². The molecule has 2 heteroatoms. The number of rotatable bonds is 3. The number of hydrogen-bond donors (Lipinski definition) is 1. The Bertz CT molecular complexity index is 276. The number of hydrogen-bond acceptors (Lipinski definition) is 2. The van der Waals surface area contributed by atoms with Crippen molar-refractivity contribution in [3.8, 4) is 0 Å². The highest BCUT2D eigenvalue weighted by molar-refractivity contribution is 4.93. The van der Waals surface area contributed by atoms with Gasteiger partial charge in [0.15, 0.2) is 0 Å². The number of nitrogens with zero attached hydrogens (tertiary/aromatic N) is 1. The average Bonchev–Trinajstić information content (AvgIpc) is 2.76. The second-order valence-corrected chi connectivity index (χ2v) is 7.38. The molecule has 0 bridgehead atoms. The second-order valence-electron chi connectivity index (χ2n) is 7.38. The lowest BCUT2D eigenvalue weighted by atomic mass is 9.67. The van der Waals surface area contributed by atoms with E-state index in [0.717, 1.165) is 18.3 Å². The molecule has 0 spiro atoms. The molecule has 106 valence electrons. The zero-order chi connectivity index (χ0) is 13.3. The normalized spacial score (nSPS) is 39.2. The molecule has 1 saturated heterocycles. The summed E-state index contributed by atoms with van der Waals surface area (Å²) >= 11 is 0. The van der Waals surface area contributed by atoms with Crippen molar-refractivity contribution in [1.82, 2.24) is 4.90 Å². The molecule has 1 aliphatic carbocycles. The summed E-state index contributed by atoms with van der Waals surface area (Å²) in [6.45, 7) is 11.8. The van der Waals surface area contributed by atoms with Crippen LogP contribution in [0.5, 0.6) is 0 Å². The van der Waals surface area contributed by atoms with Crippen LogP contribution < -0.4 is 0 Å². The molecular formula is C16H31NO. The van der Waals surface area contributed by atoms with Crippen LogP contribution in [0.2, 0.25) is 0 Å². The maximum atomic E-state index is 10.3. The molecule has 18 heavy (non-hydrogen) atoms. The van der Waals surface area contributed by atoms with Crippen LogP contribution >= 0.6 is 0 Å². The molecule has 1 aliphatic heterocycles. The van der Waals surface area contributed by atoms with Crippen molar-refractivity contribution >= 4 is 0 Å². The van der Waals surface area contributed by atoms with Gasteiger partial charge < -0.3 is 5.11 Å². The lowest BCUT2D eigenvalue weighted by Gasteiger charge is -2.44. The summed E-state index contributed by atoms with van der Waals surface area (Å²) in [5, 5.41) is 10.3. The van der Waals surface area contributed by atoms with E-state index in [9.17, 15) is 5.11 Å². The lowest BCUT2D eigenvalue weighted by molar-refractivity contribution is -0.0137. The minimum Gasteiger partial charge on any atom is -0.391 e. The first-order chi connectivity index (χ1) is 8.44. The van der Waals surface area contributed by atoms with Crippen molar-refractivity contribution in [2.75, 3.05) is 13.1 Å². The SMILES string of the molecule is CCC(C)(C)C1CCC(O)C(N2CCC(C)C2)C1. The van der Waals surface area contributed by atoms with E-state index in [0.29, 0.717) is 11.5 Å². The number of likely N-dealkylation sites (tertiary alicyclic amines) is 1. The molecule has 2 rings (SSSR count). The van der Waals surface area contributed by atoms with Gasteiger partial charge in [0.2, 0.25) is 0 Å². The largest absolute Gasteiger partial charge is 0.391 e. The van der Waals surface area contributed by atoms with Gasteiger partial charge in [-0.2, -0.15) is 0 Å². The van der Waals surface area contributed by atoms with E-state index in [1.807, 2.05) is 0 Å². The molecule has 2 aliphatic rings. The highest BCUT2D eigenvalue weighted by atomic mass is 16.3. The first-order valence-corrected chi connectivity index (χ1v) is 7.86. The Labute approximate surface area is 113 Å². The Hall–Kier alpha value is -0.0800. The number of aliphatic hydroxyl groups is 1. The van der Waals surface area contributed by atoms with Crippen molar-refractivity contribution in [1.29, 1.82) is 0 Å². The van der Waals surface area contributed by atoms with E-state index in [-0.39, 0.29) is 6.10 Å². The van der Waals surface area contributed by atoms with Crippen molar-refractivity contribution in [3.63, 3.8) is 0 Å². The van der Waals surface area contributed by atoms with E-state index in [4.69, 9.17) is 0 Å². The maximum absolute atomic E-state index is 10.3. The first kappa shape index (κ1) is 14.3. The molecule has 0 aromatic carbocycles. The third kappa shape index (κ3) is 2.91. The molecule has 2 fully saturated rings. The van der Waals surface area contributed by atoms with E-state index >= 15 is 0 Å². The molecule has 0 aromatic rings. The molecule has 4 unspecified atom stereocenters. The van der Waals surface area contributed by atoms with E-state index < -0.39 is 0 Å². The van der Waals surface area contributed by atoms with Gasteiger partial charge in [-0.25, -0.2) is 0 Å². The molecule has 0 radical (unpaired) electrons. The van der Waals surface area contributed by atoms with Crippen LogP contribution in [-0.4, -0.2) is 35.2 Å². The molecule has 0 amide bonds. The Balaban J connectivity index is 2.01. The summed E-state index contributed by atoms with van der Waals surface area (Å²) < 4.78 is 0. The summed E-state index contributed by atoms with van der Waals surface area (Å²) in [5.41, 5.74) is 0.434. The first-order valence-electron chi connectivity index (χ1n) is 7.86. The second kappa shape index (κ2) is 5.50. The zero-order valence-electron chi connectivity index (χ0n) is 12.7. The van der Waals surface area contributed by atoms with Crippen LogP contribution in [0.25, 0.3) is 0 Å². The quantitative estimate of drug-likeness (QED) is 0.834. The summed E-state index contributed by atoms with van der Waals surface area (Å²) in [4.78, 5) is 2.56. The Morgan fingerprint density at radius 1 is 1.22 bits per heavy atom. The molecule has 1 heterocycles. The number of aliphatic hydroxyl groups excluding tert-OH is 1. The monoisotopic (exact) mass is 253 g/mol. The molecular weight excluding hydrogens is 222 g/mol. The highest BCUT2D eigenvalue weighted by Crippen LogP contribution is 2.42. The Morgan fingerprint density at radius 3 is 2.50 bits per heavy atom. The van der Waals surface area contributed by atoms with Gasteiger partial charge in [-0.05, 0) is 49.5 Å². The van der Waals surface area contributed by atoms with Gasteiger partial charge in [0.1, 0.15) is 0 Å². The van der Waals surface area contributed by atoms with Crippen molar-refractivity contribution in [3.05, 3.63) is 0 Å². The van der Waals surface area contributed by atoms with Gasteiger partial charge in [0.25, 0.3) is 0 Å². The molecule has 0 aromatic heterocycles. The minimum absolute atomic E-state index is 0.0841. The zero-order valence-corrected chi connectivity index (χ0v) is 12.7. The minimum atomic E-state index is -0.0841. The fourth-order valence-electron chi connectivity index (χ4n) is 3.79. The van der Waals surface area contributed by atoms with Crippen molar-refractivity contribution in [2.45, 2.75) is 71.9 Å². The van der Waals surface area contributed by atoms with E-state index in [1.165, 1.54) is 38.8 Å². The standard InChI is InChI=1S/C16H31NO/c1-5-16(3,4)13-6-7-15(18)14(10-13)17-9-8-12(2)11-17/h12-15,18H,5-11H2,1-4H3. The van der Waals surface area contributed by atoms with E-state index in [2.05, 4.69) is 32.6 Å². The van der Waals surface area contributed by atoms with Gasteiger partial charge in [-0.3, -0.25) is 4.90 Å². The predicted molar refractivity (Wildman–Crippen MR) is 76.6 cm³/mol. The summed E-state index contributed by atoms with van der Waals surface area (Å²) in [7, 11) is 0. The van der Waals surface area contributed by atoms with Crippen LogP contribution in [-0.2, 0) is 0 Å². The molecule has 1 N–H and O–H groups in total. The molecule has 2 nitrogen and oxygen atoms in total. The van der Waals surface area contributed by atoms with Gasteiger partial charge in [-0.1, -0.05) is 34.1 Å². The van der Waals surface area contributed by atoms with Crippen LogP contribution in [0.1, 0.15) is 59.8 Å². The molecule has 1 saturated carbocycles. The smallest absolute Gasteiger partial charge is 0.0695 e. The Morgan fingerprint density at radius 2 is 1.94 bits per heavy atom. The topological polar surface area (TPSA) is 23.5 Å². The molecule has 4 atom stereocenters.